The van der Waals surface area contributed by atoms with E-state index in [4.69, 9.17) is 0 Å². The van der Waals surface area contributed by atoms with Gasteiger partial charge in [0.1, 0.15) is 0 Å². The highest BCUT2D eigenvalue weighted by molar-refractivity contribution is 7.46. The Hall–Kier alpha value is -0.680. The highest BCUT2D eigenvalue weighted by atomic mass is 31.2. The van der Waals surface area contributed by atoms with Crippen molar-refractivity contribution in [2.24, 2.45) is 0 Å². The molecule has 0 amide bonds. The molecule has 0 aromatic carbocycles. The van der Waals surface area contributed by atoms with Crippen molar-refractivity contribution in [3.8, 4) is 0 Å². The third kappa shape index (κ3) is 7.47. The van der Waals surface area contributed by atoms with Crippen LogP contribution in [0, 0.1) is 0 Å². The van der Waals surface area contributed by atoms with Gasteiger partial charge in [0, 0.05) is 12.0 Å². The van der Waals surface area contributed by atoms with Gasteiger partial charge >= 0.3 is 13.8 Å². The number of rotatable bonds is 8. The number of phosphoric ester groups is 1. The fraction of sp³-hybridized carbons (Fsp3) is 0.750. The van der Waals surface area contributed by atoms with Gasteiger partial charge in [0.2, 0.25) is 0 Å². The SMILES string of the molecule is C=C(C)C(=O)OP(=O)([O-])OCCC(CC)[N+](C)(C)C. The van der Waals surface area contributed by atoms with E-state index in [1.165, 1.54) is 6.92 Å². The first-order chi connectivity index (χ1) is 8.49. The molecule has 19 heavy (non-hydrogen) atoms. The van der Waals surface area contributed by atoms with Gasteiger partial charge in [0.25, 0.3) is 0 Å². The number of phosphoric acid groups is 1. The van der Waals surface area contributed by atoms with Crippen LogP contribution in [-0.4, -0.2) is 44.2 Å². The second kappa shape index (κ2) is 7.20. The summed E-state index contributed by atoms with van der Waals surface area (Å²) in [7, 11) is 1.51. The zero-order valence-electron chi connectivity index (χ0n) is 12.3. The summed E-state index contributed by atoms with van der Waals surface area (Å²) in [5.74, 6) is -0.989. The second-order valence-electron chi connectivity index (χ2n) is 5.41. The van der Waals surface area contributed by atoms with Crippen LogP contribution in [0.25, 0.3) is 0 Å². The molecule has 0 fully saturated rings. The standard InChI is InChI=1S/C12H24NO5P/c1-7-11(13(4,5)6)8-9-17-19(15,16)18-12(14)10(2)3/h11H,2,7-9H2,1,3-6H3. The molecule has 0 radical (unpaired) electrons. The normalized spacial score (nSPS) is 16.5. The van der Waals surface area contributed by atoms with Crippen LogP contribution in [0.15, 0.2) is 12.2 Å². The Morgan fingerprint density at radius 3 is 2.32 bits per heavy atom. The van der Waals surface area contributed by atoms with Crippen LogP contribution in [0.1, 0.15) is 26.7 Å². The fourth-order valence-electron chi connectivity index (χ4n) is 1.65. The first kappa shape index (κ1) is 18.3. The quantitative estimate of drug-likeness (QED) is 0.385. The molecule has 0 aliphatic heterocycles. The minimum absolute atomic E-state index is 0.00171. The highest BCUT2D eigenvalue weighted by Gasteiger charge is 2.23. The smallest absolute Gasteiger partial charge is 0.338 e. The summed E-state index contributed by atoms with van der Waals surface area (Å²) in [4.78, 5) is 22.5. The van der Waals surface area contributed by atoms with Crippen molar-refractivity contribution >= 4 is 13.8 Å². The number of carbonyl (C=O) groups excluding carboxylic acids is 1. The van der Waals surface area contributed by atoms with E-state index >= 15 is 0 Å². The Bertz CT molecular complexity index is 375. The molecule has 112 valence electrons. The Labute approximate surface area is 115 Å². The zero-order valence-corrected chi connectivity index (χ0v) is 13.2. The van der Waals surface area contributed by atoms with E-state index in [1.54, 1.807) is 0 Å². The highest BCUT2D eigenvalue weighted by Crippen LogP contribution is 2.39. The van der Waals surface area contributed by atoms with Crippen LogP contribution in [0.2, 0.25) is 0 Å². The van der Waals surface area contributed by atoms with Gasteiger partial charge in [-0.1, -0.05) is 13.5 Å². The van der Waals surface area contributed by atoms with E-state index in [9.17, 15) is 14.3 Å². The summed E-state index contributed by atoms with van der Waals surface area (Å²) in [6.07, 6.45) is 1.47. The third-order valence-corrected chi connectivity index (χ3v) is 3.70. The van der Waals surface area contributed by atoms with Gasteiger partial charge < -0.3 is 18.4 Å². The minimum atomic E-state index is -4.59. The van der Waals surface area contributed by atoms with Gasteiger partial charge in [0.15, 0.2) is 0 Å². The molecule has 0 saturated heterocycles. The van der Waals surface area contributed by atoms with Gasteiger partial charge in [-0.05, 0) is 13.3 Å². The van der Waals surface area contributed by atoms with Gasteiger partial charge in [-0.25, -0.2) is 4.79 Å². The Morgan fingerprint density at radius 1 is 1.42 bits per heavy atom. The largest absolute Gasteiger partial charge is 0.746 e. The number of carbonyl (C=O) groups is 1. The number of nitrogens with zero attached hydrogens (tertiary/aromatic N) is 1. The van der Waals surface area contributed by atoms with E-state index in [1.807, 2.05) is 28.1 Å². The zero-order chi connectivity index (χ0) is 15.3. The lowest BCUT2D eigenvalue weighted by Crippen LogP contribution is -2.45. The molecule has 0 aromatic heterocycles. The summed E-state index contributed by atoms with van der Waals surface area (Å²) < 4.78 is 21.0. The molecule has 7 heteroatoms. The van der Waals surface area contributed by atoms with Crippen molar-refractivity contribution in [2.75, 3.05) is 27.7 Å². The molecule has 0 spiro atoms. The average Bonchev–Trinajstić information content (AvgIpc) is 2.21. The molecular formula is C12H24NO5P. The predicted octanol–water partition coefficient (Wildman–Crippen LogP) is 1.47. The van der Waals surface area contributed by atoms with E-state index < -0.39 is 13.8 Å². The molecule has 0 rings (SSSR count). The number of quaternary nitrogens is 1. The summed E-state index contributed by atoms with van der Waals surface area (Å²) in [6.45, 7) is 6.70. The Kier molecular flexibility index (Phi) is 6.94. The first-order valence-electron chi connectivity index (χ1n) is 6.15. The fourth-order valence-corrected chi connectivity index (χ4v) is 2.39. The maximum atomic E-state index is 11.4. The van der Waals surface area contributed by atoms with Crippen LogP contribution in [0.4, 0.5) is 0 Å². The molecule has 0 bridgehead atoms. The minimum Gasteiger partial charge on any atom is -0.746 e. The van der Waals surface area contributed by atoms with Crippen LogP contribution in [0.3, 0.4) is 0 Å². The first-order valence-corrected chi connectivity index (χ1v) is 7.61. The third-order valence-electron chi connectivity index (χ3n) is 2.81. The molecule has 0 saturated carbocycles. The van der Waals surface area contributed by atoms with Gasteiger partial charge in [-0.3, -0.25) is 4.57 Å². The predicted molar refractivity (Wildman–Crippen MR) is 71.2 cm³/mol. The van der Waals surface area contributed by atoms with E-state index in [0.29, 0.717) is 10.9 Å². The van der Waals surface area contributed by atoms with Crippen molar-refractivity contribution in [1.82, 2.24) is 0 Å². The maximum Gasteiger partial charge on any atom is 0.338 e. The summed E-state index contributed by atoms with van der Waals surface area (Å²) >= 11 is 0. The molecule has 0 aliphatic rings. The van der Waals surface area contributed by atoms with Crippen molar-refractivity contribution in [2.45, 2.75) is 32.7 Å². The lowest BCUT2D eigenvalue weighted by Gasteiger charge is -2.34. The van der Waals surface area contributed by atoms with Crippen LogP contribution in [0.5, 0.6) is 0 Å². The molecule has 6 nitrogen and oxygen atoms in total. The van der Waals surface area contributed by atoms with Crippen molar-refractivity contribution in [1.29, 1.82) is 0 Å². The molecule has 0 N–H and O–H groups in total. The monoisotopic (exact) mass is 293 g/mol. The Morgan fingerprint density at radius 2 is 1.95 bits per heavy atom. The van der Waals surface area contributed by atoms with E-state index in [-0.39, 0.29) is 18.2 Å². The Balaban J connectivity index is 4.29. The summed E-state index contributed by atoms with van der Waals surface area (Å²) in [5.41, 5.74) is 0.0115. The van der Waals surface area contributed by atoms with Crippen molar-refractivity contribution < 1.29 is 27.8 Å². The molecule has 2 atom stereocenters. The van der Waals surface area contributed by atoms with E-state index in [2.05, 4.69) is 15.6 Å². The van der Waals surface area contributed by atoms with Crippen molar-refractivity contribution in [3.05, 3.63) is 12.2 Å². The molecule has 0 aromatic rings. The lowest BCUT2D eigenvalue weighted by atomic mass is 10.1. The molecule has 0 aliphatic carbocycles. The van der Waals surface area contributed by atoms with Gasteiger partial charge in [0.05, 0.1) is 33.8 Å². The average molecular weight is 293 g/mol. The van der Waals surface area contributed by atoms with Gasteiger partial charge in [-0.2, -0.15) is 0 Å². The van der Waals surface area contributed by atoms with Crippen molar-refractivity contribution in [3.63, 3.8) is 0 Å². The molecular weight excluding hydrogens is 269 g/mol. The molecule has 0 heterocycles. The topological polar surface area (TPSA) is 75.7 Å². The van der Waals surface area contributed by atoms with Crippen LogP contribution >= 0.6 is 7.82 Å². The molecule has 2 unspecified atom stereocenters. The van der Waals surface area contributed by atoms with Gasteiger partial charge in [-0.15, -0.1) is 0 Å². The van der Waals surface area contributed by atoms with Crippen LogP contribution < -0.4 is 4.89 Å². The maximum absolute atomic E-state index is 11.4. The second-order valence-corrected chi connectivity index (χ2v) is 6.74. The lowest BCUT2D eigenvalue weighted by molar-refractivity contribution is -0.896. The summed E-state index contributed by atoms with van der Waals surface area (Å²) in [6, 6.07) is 0.275. The summed E-state index contributed by atoms with van der Waals surface area (Å²) in [5, 5.41) is 0. The number of hydrogen-bond acceptors (Lipinski definition) is 5. The van der Waals surface area contributed by atoms with Crippen LogP contribution in [-0.2, 0) is 18.4 Å². The number of hydrogen-bond donors (Lipinski definition) is 0. The van der Waals surface area contributed by atoms with E-state index in [0.717, 1.165) is 6.42 Å².